The molecule has 0 saturated heterocycles. The van der Waals surface area contributed by atoms with E-state index >= 15 is 0 Å². The van der Waals surface area contributed by atoms with Crippen molar-refractivity contribution in [2.45, 2.75) is 117 Å². The first-order valence-electron chi connectivity index (χ1n) is 13.1. The summed E-state index contributed by atoms with van der Waals surface area (Å²) in [4.78, 5) is 37.1. The topological polar surface area (TPSA) is 81.7 Å². The number of rotatable bonds is 17. The van der Waals surface area contributed by atoms with Gasteiger partial charge in [0.05, 0.1) is 13.6 Å². The van der Waals surface area contributed by atoms with Crippen molar-refractivity contribution in [2.24, 2.45) is 0 Å². The van der Waals surface area contributed by atoms with Crippen LogP contribution in [0.5, 0.6) is 0 Å². The molecule has 202 valence electrons. The standard InChI is InChI=1S/C28H50N2O5/c1-9-10-11-12-13-14-15-16-17-19-24(31)29-20-18-21-30(8,22-25(32)34-27(2,3)4)23-26(33)35-28(5,6)7/h1H,10-23H2,2-8H3/p+1. The molecule has 0 bridgehead atoms. The minimum Gasteiger partial charge on any atom is -0.456 e. The lowest BCUT2D eigenvalue weighted by molar-refractivity contribution is -0.895. The number of carbonyl (C=O) groups excluding carboxylic acids is 3. The van der Waals surface area contributed by atoms with Crippen LogP contribution >= 0.6 is 0 Å². The van der Waals surface area contributed by atoms with Crippen molar-refractivity contribution < 1.29 is 28.3 Å². The summed E-state index contributed by atoms with van der Waals surface area (Å²) in [5, 5.41) is 2.96. The van der Waals surface area contributed by atoms with E-state index in [0.717, 1.165) is 32.1 Å². The van der Waals surface area contributed by atoms with E-state index in [4.69, 9.17) is 15.9 Å². The zero-order chi connectivity index (χ0) is 27.0. The van der Waals surface area contributed by atoms with Gasteiger partial charge in [0.15, 0.2) is 13.1 Å². The molecule has 0 radical (unpaired) electrons. The molecule has 1 N–H and O–H groups in total. The molecule has 0 aliphatic heterocycles. The Balaban J connectivity index is 4.43. The van der Waals surface area contributed by atoms with Gasteiger partial charge in [-0.2, -0.15) is 0 Å². The summed E-state index contributed by atoms with van der Waals surface area (Å²) in [6.07, 6.45) is 15.1. The minimum absolute atomic E-state index is 0.0486. The smallest absolute Gasteiger partial charge is 0.362 e. The summed E-state index contributed by atoms with van der Waals surface area (Å²) in [5.74, 6) is 2.00. The average molecular weight is 496 g/mol. The first-order valence-corrected chi connectivity index (χ1v) is 13.1. The number of hydrogen-bond donors (Lipinski definition) is 1. The maximum absolute atomic E-state index is 12.5. The Kier molecular flexibility index (Phi) is 15.6. The molecule has 35 heavy (non-hydrogen) atoms. The van der Waals surface area contributed by atoms with Gasteiger partial charge in [-0.3, -0.25) is 4.79 Å². The number of terminal acetylenes is 1. The van der Waals surface area contributed by atoms with Gasteiger partial charge in [-0.15, -0.1) is 12.3 Å². The number of quaternary nitrogens is 1. The van der Waals surface area contributed by atoms with E-state index in [9.17, 15) is 14.4 Å². The fourth-order valence-corrected chi connectivity index (χ4v) is 3.76. The fourth-order valence-electron chi connectivity index (χ4n) is 3.76. The van der Waals surface area contributed by atoms with Crippen LogP contribution in [0, 0.1) is 12.3 Å². The first kappa shape index (κ1) is 32.9. The number of hydrogen-bond acceptors (Lipinski definition) is 5. The largest absolute Gasteiger partial charge is 0.456 e. The molecule has 0 unspecified atom stereocenters. The molecular formula is C28H51N2O5+. The molecule has 0 atom stereocenters. The average Bonchev–Trinajstić information content (AvgIpc) is 2.66. The number of amides is 1. The van der Waals surface area contributed by atoms with Crippen LogP contribution < -0.4 is 5.32 Å². The van der Waals surface area contributed by atoms with Crippen molar-refractivity contribution >= 4 is 17.8 Å². The Bertz CT molecular complexity index is 653. The predicted molar refractivity (Wildman–Crippen MR) is 140 cm³/mol. The molecule has 0 aliphatic rings. The Morgan fingerprint density at radius 2 is 1.23 bits per heavy atom. The molecule has 0 fully saturated rings. The summed E-state index contributed by atoms with van der Waals surface area (Å²) < 4.78 is 11.1. The van der Waals surface area contributed by atoms with Crippen LogP contribution in [-0.4, -0.2) is 66.8 Å². The maximum atomic E-state index is 12.5. The zero-order valence-electron chi connectivity index (χ0n) is 23.5. The molecule has 0 aromatic carbocycles. The van der Waals surface area contributed by atoms with E-state index in [1.54, 1.807) is 0 Å². The van der Waals surface area contributed by atoms with Crippen molar-refractivity contribution in [2.75, 3.05) is 33.2 Å². The summed E-state index contributed by atoms with van der Waals surface area (Å²) in [5.41, 5.74) is -1.19. The maximum Gasteiger partial charge on any atom is 0.362 e. The van der Waals surface area contributed by atoms with Gasteiger partial charge >= 0.3 is 11.9 Å². The number of ether oxygens (including phenoxy) is 2. The normalized spacial score (nSPS) is 12.1. The summed E-state index contributed by atoms with van der Waals surface area (Å²) in [7, 11) is 1.85. The van der Waals surface area contributed by atoms with Gasteiger partial charge < -0.3 is 19.3 Å². The van der Waals surface area contributed by atoms with Crippen LogP contribution in [0.3, 0.4) is 0 Å². The van der Waals surface area contributed by atoms with Crippen molar-refractivity contribution in [1.82, 2.24) is 5.32 Å². The molecule has 7 heteroatoms. The van der Waals surface area contributed by atoms with Gasteiger partial charge in [-0.1, -0.05) is 32.1 Å². The van der Waals surface area contributed by atoms with E-state index in [-0.39, 0.29) is 35.4 Å². The Morgan fingerprint density at radius 3 is 1.69 bits per heavy atom. The van der Waals surface area contributed by atoms with Gasteiger partial charge in [0.2, 0.25) is 5.91 Å². The lowest BCUT2D eigenvalue weighted by Gasteiger charge is -2.34. The molecule has 0 spiro atoms. The summed E-state index contributed by atoms with van der Waals surface area (Å²) in [6.45, 7) is 12.1. The molecule has 0 rings (SSSR count). The molecule has 7 nitrogen and oxygen atoms in total. The number of unbranched alkanes of at least 4 members (excludes halogenated alkanes) is 7. The van der Waals surface area contributed by atoms with Crippen LogP contribution in [0.2, 0.25) is 0 Å². The monoisotopic (exact) mass is 495 g/mol. The van der Waals surface area contributed by atoms with Gasteiger partial charge in [-0.25, -0.2) is 9.59 Å². The quantitative estimate of drug-likeness (QED) is 0.136. The van der Waals surface area contributed by atoms with Crippen LogP contribution in [-0.2, 0) is 23.9 Å². The third-order valence-corrected chi connectivity index (χ3v) is 5.28. The lowest BCUT2D eigenvalue weighted by Crippen LogP contribution is -2.53. The van der Waals surface area contributed by atoms with Gasteiger partial charge in [0, 0.05) is 25.8 Å². The SMILES string of the molecule is C#CCCCCCCCCCC(=O)NCCC[N+](C)(CC(=O)OC(C)(C)C)CC(=O)OC(C)(C)C. The lowest BCUT2D eigenvalue weighted by atomic mass is 10.1. The highest BCUT2D eigenvalue weighted by atomic mass is 16.6. The summed E-state index contributed by atoms with van der Waals surface area (Å²) >= 11 is 0. The number of carbonyl (C=O) groups is 3. The molecule has 0 saturated carbocycles. The van der Waals surface area contributed by atoms with Crippen molar-refractivity contribution in [1.29, 1.82) is 0 Å². The van der Waals surface area contributed by atoms with Crippen LogP contribution in [0.4, 0.5) is 0 Å². The second-order valence-corrected chi connectivity index (χ2v) is 11.7. The first-order chi connectivity index (χ1) is 16.2. The van der Waals surface area contributed by atoms with E-state index in [0.29, 0.717) is 25.9 Å². The highest BCUT2D eigenvalue weighted by Gasteiger charge is 2.33. The molecule has 1 amide bonds. The Hall–Kier alpha value is -2.07. The van der Waals surface area contributed by atoms with Gasteiger partial charge in [0.25, 0.3) is 0 Å². The third-order valence-electron chi connectivity index (χ3n) is 5.28. The van der Waals surface area contributed by atoms with Gasteiger partial charge in [-0.05, 0) is 54.4 Å². The highest BCUT2D eigenvalue weighted by Crippen LogP contribution is 2.14. The Morgan fingerprint density at radius 1 is 0.771 bits per heavy atom. The van der Waals surface area contributed by atoms with Crippen molar-refractivity contribution in [3.8, 4) is 12.3 Å². The third kappa shape index (κ3) is 21.0. The molecule has 0 aromatic rings. The van der Waals surface area contributed by atoms with E-state index in [1.807, 2.05) is 48.6 Å². The molecule has 0 heterocycles. The molecule has 0 aromatic heterocycles. The fraction of sp³-hybridized carbons (Fsp3) is 0.821. The minimum atomic E-state index is -0.593. The number of likely N-dealkylation sites (N-methyl/N-ethyl adjacent to an activating group) is 1. The predicted octanol–water partition coefficient (Wildman–Crippen LogP) is 4.77. The number of nitrogens with one attached hydrogen (secondary N) is 1. The van der Waals surface area contributed by atoms with Crippen LogP contribution in [0.25, 0.3) is 0 Å². The Labute approximate surface area is 214 Å². The van der Waals surface area contributed by atoms with E-state index in [1.165, 1.54) is 19.3 Å². The van der Waals surface area contributed by atoms with Gasteiger partial charge in [0.1, 0.15) is 11.2 Å². The van der Waals surface area contributed by atoms with Crippen LogP contribution in [0.1, 0.15) is 106 Å². The second-order valence-electron chi connectivity index (χ2n) is 11.7. The van der Waals surface area contributed by atoms with Crippen molar-refractivity contribution in [3.63, 3.8) is 0 Å². The van der Waals surface area contributed by atoms with Crippen LogP contribution in [0.15, 0.2) is 0 Å². The number of nitrogens with zero attached hydrogens (tertiary/aromatic N) is 1. The second kappa shape index (κ2) is 16.6. The zero-order valence-corrected chi connectivity index (χ0v) is 23.5. The van der Waals surface area contributed by atoms with E-state index in [2.05, 4.69) is 11.2 Å². The summed E-state index contributed by atoms with van der Waals surface area (Å²) in [6, 6.07) is 0. The van der Waals surface area contributed by atoms with E-state index < -0.39 is 11.2 Å². The highest BCUT2D eigenvalue weighted by molar-refractivity contribution is 5.75. The number of esters is 2. The molecule has 0 aliphatic carbocycles. The van der Waals surface area contributed by atoms with Crippen molar-refractivity contribution in [3.05, 3.63) is 0 Å². The molecular weight excluding hydrogens is 444 g/mol.